The van der Waals surface area contributed by atoms with Crippen molar-refractivity contribution in [1.82, 2.24) is 10.6 Å². The standard InChI is InChI=1S/C10H19N3O4S/c1-11-10-13-6-8(16)7(15)5(4-12-2-3-14)17-9(6)18-10/h5-9,12,14-16H,2-4H2,1H3,(H,11,13). The third-order valence-electron chi connectivity index (χ3n) is 3.06. The number of rotatable bonds is 4. The molecule has 2 fully saturated rings. The molecule has 2 saturated heterocycles. The summed E-state index contributed by atoms with van der Waals surface area (Å²) in [5.41, 5.74) is -0.247. The van der Waals surface area contributed by atoms with Gasteiger partial charge in [-0.1, -0.05) is 11.8 Å². The molecule has 8 heteroatoms. The fourth-order valence-corrected chi connectivity index (χ4v) is 3.18. The van der Waals surface area contributed by atoms with Gasteiger partial charge in [0.1, 0.15) is 23.7 Å². The lowest BCUT2D eigenvalue weighted by Crippen LogP contribution is -2.60. The summed E-state index contributed by atoms with van der Waals surface area (Å²) in [7, 11) is 1.66. The molecule has 5 N–H and O–H groups in total. The average molecular weight is 277 g/mol. The molecule has 0 saturated carbocycles. The number of nitrogens with zero attached hydrogens (tertiary/aromatic N) is 1. The van der Waals surface area contributed by atoms with Crippen molar-refractivity contribution in [2.24, 2.45) is 4.99 Å². The molecule has 0 aromatic carbocycles. The first-order chi connectivity index (χ1) is 8.67. The number of aliphatic imine (C=N–C) groups is 1. The fourth-order valence-electron chi connectivity index (χ4n) is 2.08. The highest BCUT2D eigenvalue weighted by Crippen LogP contribution is 2.33. The van der Waals surface area contributed by atoms with Crippen molar-refractivity contribution in [2.75, 3.05) is 26.7 Å². The molecule has 2 rings (SSSR count). The predicted octanol–water partition coefficient (Wildman–Crippen LogP) is -2.29. The minimum absolute atomic E-state index is 0.0281. The Kier molecular flexibility index (Phi) is 4.82. The molecular formula is C10H19N3O4S. The summed E-state index contributed by atoms with van der Waals surface area (Å²) in [5, 5.41) is 35.4. The van der Waals surface area contributed by atoms with Gasteiger partial charge in [-0.05, 0) is 0 Å². The lowest BCUT2D eigenvalue weighted by Gasteiger charge is -2.39. The van der Waals surface area contributed by atoms with Crippen LogP contribution in [0.4, 0.5) is 0 Å². The minimum atomic E-state index is -0.957. The monoisotopic (exact) mass is 277 g/mol. The summed E-state index contributed by atoms with van der Waals surface area (Å²) in [5.74, 6) is 0. The van der Waals surface area contributed by atoms with Crippen molar-refractivity contribution in [3.8, 4) is 0 Å². The summed E-state index contributed by atoms with van der Waals surface area (Å²) in [6, 6.07) is -0.335. The Labute approximate surface area is 110 Å². The molecular weight excluding hydrogens is 258 g/mol. The van der Waals surface area contributed by atoms with Crippen LogP contribution in [-0.2, 0) is 4.74 Å². The lowest BCUT2D eigenvalue weighted by atomic mass is 9.98. The van der Waals surface area contributed by atoms with Crippen LogP contribution in [0, 0.1) is 0 Å². The molecule has 0 spiro atoms. The molecule has 0 bridgehead atoms. The predicted molar refractivity (Wildman–Crippen MR) is 68.5 cm³/mol. The fraction of sp³-hybridized carbons (Fsp3) is 0.900. The van der Waals surface area contributed by atoms with Crippen LogP contribution >= 0.6 is 11.8 Å². The van der Waals surface area contributed by atoms with E-state index in [2.05, 4.69) is 15.6 Å². The number of fused-ring (bicyclic) bond motifs is 1. The van der Waals surface area contributed by atoms with Gasteiger partial charge in [-0.2, -0.15) is 0 Å². The van der Waals surface area contributed by atoms with Gasteiger partial charge < -0.3 is 30.7 Å². The maximum absolute atomic E-state index is 10.1. The van der Waals surface area contributed by atoms with Crippen molar-refractivity contribution < 1.29 is 20.1 Å². The zero-order chi connectivity index (χ0) is 13.1. The van der Waals surface area contributed by atoms with Crippen LogP contribution in [0.5, 0.6) is 0 Å². The summed E-state index contributed by atoms with van der Waals surface area (Å²) in [4.78, 5) is 4.02. The molecule has 7 nitrogen and oxygen atoms in total. The van der Waals surface area contributed by atoms with E-state index in [1.54, 1.807) is 7.05 Å². The van der Waals surface area contributed by atoms with Gasteiger partial charge in [-0.15, -0.1) is 0 Å². The van der Waals surface area contributed by atoms with Crippen molar-refractivity contribution in [3.63, 3.8) is 0 Å². The van der Waals surface area contributed by atoms with E-state index in [-0.39, 0.29) is 18.1 Å². The van der Waals surface area contributed by atoms with Gasteiger partial charge in [-0.3, -0.25) is 4.99 Å². The van der Waals surface area contributed by atoms with Gasteiger partial charge >= 0.3 is 0 Å². The minimum Gasteiger partial charge on any atom is -0.395 e. The normalized spacial score (nSPS) is 41.8. The second-order valence-corrected chi connectivity index (χ2v) is 5.36. The first-order valence-corrected chi connectivity index (χ1v) is 6.78. The van der Waals surface area contributed by atoms with Gasteiger partial charge in [-0.25, -0.2) is 0 Å². The topological polar surface area (TPSA) is 106 Å². The van der Waals surface area contributed by atoms with E-state index in [0.717, 1.165) is 0 Å². The number of nitrogens with one attached hydrogen (secondary N) is 2. The van der Waals surface area contributed by atoms with Crippen LogP contribution in [-0.4, -0.2) is 77.0 Å². The quantitative estimate of drug-likeness (QED) is 0.368. The van der Waals surface area contributed by atoms with Crippen LogP contribution in [0.15, 0.2) is 4.99 Å². The Morgan fingerprint density at radius 1 is 1.44 bits per heavy atom. The van der Waals surface area contributed by atoms with Crippen LogP contribution in [0.25, 0.3) is 0 Å². The van der Waals surface area contributed by atoms with Crippen molar-refractivity contribution in [1.29, 1.82) is 0 Å². The van der Waals surface area contributed by atoms with E-state index in [4.69, 9.17) is 9.84 Å². The third-order valence-corrected chi connectivity index (χ3v) is 4.22. The number of thioether (sulfide) groups is 1. The molecule has 0 amide bonds. The first kappa shape index (κ1) is 14.0. The molecule has 0 radical (unpaired) electrons. The second-order valence-electron chi connectivity index (χ2n) is 4.27. The molecule has 5 unspecified atom stereocenters. The summed E-state index contributed by atoms with van der Waals surface area (Å²) >= 11 is 1.41. The average Bonchev–Trinajstić information content (AvgIpc) is 2.79. The van der Waals surface area contributed by atoms with Gasteiger partial charge in [0, 0.05) is 20.1 Å². The Morgan fingerprint density at radius 3 is 2.89 bits per heavy atom. The Morgan fingerprint density at radius 2 is 2.22 bits per heavy atom. The van der Waals surface area contributed by atoms with Crippen molar-refractivity contribution in [2.45, 2.75) is 29.8 Å². The highest BCUT2D eigenvalue weighted by atomic mass is 32.2. The van der Waals surface area contributed by atoms with Crippen LogP contribution in [0.1, 0.15) is 0 Å². The van der Waals surface area contributed by atoms with Crippen molar-refractivity contribution in [3.05, 3.63) is 0 Å². The number of hydrogen-bond acceptors (Lipinski definition) is 7. The molecule has 0 aromatic rings. The number of hydrogen-bond donors (Lipinski definition) is 5. The molecule has 18 heavy (non-hydrogen) atoms. The molecule has 2 aliphatic heterocycles. The van der Waals surface area contributed by atoms with E-state index < -0.39 is 18.3 Å². The second kappa shape index (κ2) is 6.18. The van der Waals surface area contributed by atoms with Gasteiger partial charge in [0.25, 0.3) is 0 Å². The Balaban J connectivity index is 1.96. The summed E-state index contributed by atoms with van der Waals surface area (Å²) < 4.78 is 5.74. The SMILES string of the molecule is CN=C1NC2C(OC(CNCCO)C(O)C2O)S1. The summed E-state index contributed by atoms with van der Waals surface area (Å²) in [6.07, 6.45) is -2.34. The van der Waals surface area contributed by atoms with Gasteiger partial charge in [0.05, 0.1) is 12.6 Å². The Bertz CT molecular complexity index is 317. The van der Waals surface area contributed by atoms with E-state index in [1.165, 1.54) is 11.8 Å². The van der Waals surface area contributed by atoms with E-state index in [1.807, 2.05) is 0 Å². The molecule has 104 valence electrons. The molecule has 0 aromatic heterocycles. The lowest BCUT2D eigenvalue weighted by molar-refractivity contribution is -0.154. The van der Waals surface area contributed by atoms with Crippen LogP contribution < -0.4 is 10.6 Å². The smallest absolute Gasteiger partial charge is 0.159 e. The van der Waals surface area contributed by atoms with E-state index in [0.29, 0.717) is 18.3 Å². The van der Waals surface area contributed by atoms with Crippen molar-refractivity contribution >= 4 is 16.9 Å². The number of aliphatic hydroxyl groups excluding tert-OH is 3. The number of aliphatic hydroxyl groups is 3. The zero-order valence-corrected chi connectivity index (χ0v) is 10.9. The third kappa shape index (κ3) is 2.79. The maximum Gasteiger partial charge on any atom is 0.159 e. The zero-order valence-electron chi connectivity index (χ0n) is 10.1. The molecule has 0 aliphatic carbocycles. The highest BCUT2D eigenvalue weighted by molar-refractivity contribution is 8.14. The number of amidine groups is 1. The maximum atomic E-state index is 10.1. The molecule has 2 heterocycles. The highest BCUT2D eigenvalue weighted by Gasteiger charge is 2.48. The largest absolute Gasteiger partial charge is 0.395 e. The summed E-state index contributed by atoms with van der Waals surface area (Å²) in [6.45, 7) is 0.853. The van der Waals surface area contributed by atoms with Gasteiger partial charge in [0.2, 0.25) is 0 Å². The molecule has 5 atom stereocenters. The number of ether oxygens (including phenoxy) is 1. The first-order valence-electron chi connectivity index (χ1n) is 5.90. The van der Waals surface area contributed by atoms with Gasteiger partial charge in [0.15, 0.2) is 5.17 Å². The molecule has 2 aliphatic rings. The van der Waals surface area contributed by atoms with Crippen LogP contribution in [0.2, 0.25) is 0 Å². The van der Waals surface area contributed by atoms with E-state index >= 15 is 0 Å². The Hall–Kier alpha value is -0.380. The van der Waals surface area contributed by atoms with Crippen LogP contribution in [0.3, 0.4) is 0 Å². The van der Waals surface area contributed by atoms with E-state index in [9.17, 15) is 10.2 Å².